The van der Waals surface area contributed by atoms with Gasteiger partial charge in [-0.3, -0.25) is 4.79 Å². The van der Waals surface area contributed by atoms with Gasteiger partial charge in [0.1, 0.15) is 6.04 Å². The van der Waals surface area contributed by atoms with E-state index in [1.54, 1.807) is 25.9 Å². The molecule has 0 aromatic rings. The second-order valence-electron chi connectivity index (χ2n) is 2.66. The molecule has 5 heteroatoms. The van der Waals surface area contributed by atoms with E-state index in [9.17, 15) is 4.79 Å². The number of carbonyl (C=O) groups excluding carboxylic acids is 1. The van der Waals surface area contributed by atoms with Crippen molar-refractivity contribution >= 4 is 17.7 Å². The van der Waals surface area contributed by atoms with E-state index < -0.39 is 0 Å². The van der Waals surface area contributed by atoms with Crippen molar-refractivity contribution in [3.05, 3.63) is 0 Å². The lowest BCUT2D eigenvalue weighted by atomic mass is 10.3. The van der Waals surface area contributed by atoms with Gasteiger partial charge in [-0.15, -0.1) is 0 Å². The molecule has 0 bridgehead atoms. The Balaban J connectivity index is 3.62. The Bertz CT molecular complexity index is 155. The smallest absolute Gasteiger partial charge is 0.323 e. The highest BCUT2D eigenvalue weighted by atomic mass is 32.2. The number of likely N-dealkylation sites (N-methyl/N-ethyl adjacent to an activating group) is 1. The molecule has 1 atom stereocenters. The number of thioether (sulfide) groups is 1. The van der Waals surface area contributed by atoms with Gasteiger partial charge in [-0.2, -0.15) is 11.8 Å². The fourth-order valence-electron chi connectivity index (χ4n) is 0.856. The van der Waals surface area contributed by atoms with Crippen LogP contribution in [0.1, 0.15) is 6.92 Å². The van der Waals surface area contributed by atoms with Crippen LogP contribution in [-0.4, -0.2) is 50.9 Å². The zero-order chi connectivity index (χ0) is 10.8. The molecular formula is C9H19NO3S. The number of esters is 1. The summed E-state index contributed by atoms with van der Waals surface area (Å²) in [5, 5.41) is 2.93. The topological polar surface area (TPSA) is 47.6 Å². The van der Waals surface area contributed by atoms with Crippen LogP contribution in [0, 0.1) is 0 Å². The Hall–Kier alpha value is -0.260. The zero-order valence-electron chi connectivity index (χ0n) is 9.04. The standard InChI is InChI=1S/C9H19NO3S/c1-4-13-9(11)8(10-2)7-14-6-5-12-3/h8,10H,4-7H2,1-3H3. The van der Waals surface area contributed by atoms with Gasteiger partial charge in [0, 0.05) is 18.6 Å². The van der Waals surface area contributed by atoms with E-state index >= 15 is 0 Å². The maximum absolute atomic E-state index is 11.3. The SMILES string of the molecule is CCOC(=O)C(CSCCOC)NC. The molecule has 0 saturated heterocycles. The molecular weight excluding hydrogens is 202 g/mol. The second-order valence-corrected chi connectivity index (χ2v) is 3.81. The maximum Gasteiger partial charge on any atom is 0.323 e. The molecule has 0 aliphatic carbocycles. The van der Waals surface area contributed by atoms with Crippen LogP contribution in [-0.2, 0) is 14.3 Å². The summed E-state index contributed by atoms with van der Waals surface area (Å²) < 4.78 is 9.81. The van der Waals surface area contributed by atoms with Crippen molar-refractivity contribution in [3.8, 4) is 0 Å². The van der Waals surface area contributed by atoms with E-state index in [2.05, 4.69) is 5.32 Å². The Morgan fingerprint density at radius 2 is 2.29 bits per heavy atom. The molecule has 0 rings (SSSR count). The predicted octanol–water partition coefficient (Wildman–Crippen LogP) is 0.517. The van der Waals surface area contributed by atoms with E-state index in [4.69, 9.17) is 9.47 Å². The average Bonchev–Trinajstić information content (AvgIpc) is 2.18. The van der Waals surface area contributed by atoms with Gasteiger partial charge in [0.05, 0.1) is 13.2 Å². The fourth-order valence-corrected chi connectivity index (χ4v) is 1.85. The second kappa shape index (κ2) is 9.30. The number of methoxy groups -OCH3 is 1. The summed E-state index contributed by atoms with van der Waals surface area (Å²) >= 11 is 1.68. The Morgan fingerprint density at radius 1 is 1.57 bits per heavy atom. The van der Waals surface area contributed by atoms with Crippen LogP contribution in [0.4, 0.5) is 0 Å². The average molecular weight is 221 g/mol. The van der Waals surface area contributed by atoms with E-state index in [0.29, 0.717) is 13.2 Å². The van der Waals surface area contributed by atoms with E-state index in [1.807, 2.05) is 6.92 Å². The molecule has 1 unspecified atom stereocenters. The molecule has 0 aromatic heterocycles. The fraction of sp³-hybridized carbons (Fsp3) is 0.889. The summed E-state index contributed by atoms with van der Waals surface area (Å²) in [6.45, 7) is 2.95. The van der Waals surface area contributed by atoms with E-state index in [-0.39, 0.29) is 12.0 Å². The number of ether oxygens (including phenoxy) is 2. The quantitative estimate of drug-likeness (QED) is 0.478. The van der Waals surface area contributed by atoms with E-state index in [0.717, 1.165) is 11.5 Å². The largest absolute Gasteiger partial charge is 0.465 e. The number of rotatable bonds is 8. The minimum Gasteiger partial charge on any atom is -0.465 e. The highest BCUT2D eigenvalue weighted by molar-refractivity contribution is 7.99. The summed E-state index contributed by atoms with van der Waals surface area (Å²) in [5.74, 6) is 1.44. The summed E-state index contributed by atoms with van der Waals surface area (Å²) in [6, 6.07) is -0.211. The number of hydrogen-bond donors (Lipinski definition) is 1. The summed E-state index contributed by atoms with van der Waals surface area (Å²) in [4.78, 5) is 11.3. The lowest BCUT2D eigenvalue weighted by Crippen LogP contribution is -2.37. The Kier molecular flexibility index (Phi) is 9.13. The van der Waals surface area contributed by atoms with Crippen LogP contribution in [0.5, 0.6) is 0 Å². The van der Waals surface area contributed by atoms with Crippen LogP contribution >= 0.6 is 11.8 Å². The first-order valence-corrected chi connectivity index (χ1v) is 5.82. The summed E-state index contributed by atoms with van der Waals surface area (Å²) in [5.41, 5.74) is 0. The van der Waals surface area contributed by atoms with Crippen LogP contribution in [0.3, 0.4) is 0 Å². The van der Waals surface area contributed by atoms with Gasteiger partial charge in [-0.25, -0.2) is 0 Å². The Morgan fingerprint density at radius 3 is 2.79 bits per heavy atom. The maximum atomic E-state index is 11.3. The normalized spacial score (nSPS) is 12.5. The molecule has 0 saturated carbocycles. The van der Waals surface area contributed by atoms with Crippen molar-refractivity contribution < 1.29 is 14.3 Å². The number of hydrogen-bond acceptors (Lipinski definition) is 5. The molecule has 0 amide bonds. The molecule has 84 valence electrons. The van der Waals surface area contributed by atoms with Crippen molar-refractivity contribution in [2.24, 2.45) is 0 Å². The van der Waals surface area contributed by atoms with Gasteiger partial charge in [0.2, 0.25) is 0 Å². The third kappa shape index (κ3) is 6.23. The van der Waals surface area contributed by atoms with Crippen molar-refractivity contribution in [1.29, 1.82) is 0 Å². The van der Waals surface area contributed by atoms with Gasteiger partial charge in [-0.05, 0) is 14.0 Å². The minimum atomic E-state index is -0.211. The molecule has 0 aromatic carbocycles. The molecule has 0 aliphatic rings. The lowest BCUT2D eigenvalue weighted by Gasteiger charge is -2.13. The van der Waals surface area contributed by atoms with Gasteiger partial charge >= 0.3 is 5.97 Å². The van der Waals surface area contributed by atoms with Crippen LogP contribution in [0.15, 0.2) is 0 Å². The third-order valence-electron chi connectivity index (χ3n) is 1.64. The third-order valence-corrected chi connectivity index (χ3v) is 2.66. The van der Waals surface area contributed by atoms with Crippen molar-refractivity contribution in [2.75, 3.05) is 38.9 Å². The van der Waals surface area contributed by atoms with Crippen LogP contribution in [0.2, 0.25) is 0 Å². The molecule has 14 heavy (non-hydrogen) atoms. The van der Waals surface area contributed by atoms with Gasteiger partial charge in [0.15, 0.2) is 0 Å². The van der Waals surface area contributed by atoms with Crippen LogP contribution in [0.25, 0.3) is 0 Å². The summed E-state index contributed by atoms with van der Waals surface area (Å²) in [6.07, 6.45) is 0. The van der Waals surface area contributed by atoms with Crippen molar-refractivity contribution in [3.63, 3.8) is 0 Å². The minimum absolute atomic E-state index is 0.181. The highest BCUT2D eigenvalue weighted by Crippen LogP contribution is 2.03. The molecule has 0 radical (unpaired) electrons. The van der Waals surface area contributed by atoms with Crippen molar-refractivity contribution in [2.45, 2.75) is 13.0 Å². The van der Waals surface area contributed by atoms with Gasteiger partial charge in [0.25, 0.3) is 0 Å². The first-order valence-electron chi connectivity index (χ1n) is 4.66. The molecule has 1 N–H and O–H groups in total. The highest BCUT2D eigenvalue weighted by Gasteiger charge is 2.16. The summed E-state index contributed by atoms with van der Waals surface area (Å²) in [7, 11) is 3.43. The molecule has 0 heterocycles. The van der Waals surface area contributed by atoms with Crippen molar-refractivity contribution in [1.82, 2.24) is 5.32 Å². The first kappa shape index (κ1) is 13.7. The first-order chi connectivity index (χ1) is 6.76. The predicted molar refractivity (Wildman–Crippen MR) is 58.7 cm³/mol. The number of carbonyl (C=O) groups is 1. The van der Waals surface area contributed by atoms with Gasteiger partial charge in [-0.1, -0.05) is 0 Å². The zero-order valence-corrected chi connectivity index (χ0v) is 9.86. The number of nitrogens with one attached hydrogen (secondary N) is 1. The van der Waals surface area contributed by atoms with Gasteiger partial charge < -0.3 is 14.8 Å². The molecule has 0 aliphatic heterocycles. The monoisotopic (exact) mass is 221 g/mol. The van der Waals surface area contributed by atoms with E-state index in [1.165, 1.54) is 0 Å². The molecule has 4 nitrogen and oxygen atoms in total. The molecule has 0 spiro atoms. The lowest BCUT2D eigenvalue weighted by molar-refractivity contribution is -0.144. The molecule has 0 fully saturated rings. The van der Waals surface area contributed by atoms with Crippen LogP contribution < -0.4 is 5.32 Å². The Labute approximate surface area is 89.7 Å².